The number of aromatic nitrogens is 1. The van der Waals surface area contributed by atoms with Gasteiger partial charge in [0.05, 0.1) is 4.92 Å². The Morgan fingerprint density at radius 2 is 1.83 bits per heavy atom. The molecule has 1 fully saturated rings. The molecule has 1 aromatic heterocycles. The largest absolute Gasteiger partial charge is 0.479 e. The van der Waals surface area contributed by atoms with Crippen molar-refractivity contribution in [1.82, 2.24) is 4.98 Å². The molecule has 0 bridgehead atoms. The van der Waals surface area contributed by atoms with Crippen LogP contribution in [0.25, 0.3) is 0 Å². The first kappa shape index (κ1) is 21.5. The zero-order valence-electron chi connectivity index (χ0n) is 14.8. The molecular formula is C16H15N3O10S. The third-order valence-electron chi connectivity index (χ3n) is 4.08. The molecule has 5 N–H and O–H groups in total. The molecule has 0 unspecified atom stereocenters. The van der Waals surface area contributed by atoms with Crippen LogP contribution in [0.4, 0.5) is 10.1 Å². The Morgan fingerprint density at radius 3 is 2.40 bits per heavy atom. The minimum atomic E-state index is -1.84. The van der Waals surface area contributed by atoms with Crippen LogP contribution in [-0.4, -0.2) is 72.9 Å². The predicted molar refractivity (Wildman–Crippen MR) is 98.1 cm³/mol. The highest BCUT2D eigenvalue weighted by molar-refractivity contribution is 7.18. The van der Waals surface area contributed by atoms with Crippen molar-refractivity contribution in [2.45, 2.75) is 30.7 Å². The van der Waals surface area contributed by atoms with E-state index in [1.54, 1.807) is 0 Å². The summed E-state index contributed by atoms with van der Waals surface area (Å²) in [6.07, 6.45) is -7.75. The maximum atomic E-state index is 12.2. The van der Waals surface area contributed by atoms with Crippen LogP contribution in [0.5, 0.6) is 5.75 Å². The van der Waals surface area contributed by atoms with Gasteiger partial charge < -0.3 is 29.9 Å². The number of rotatable bonds is 6. The van der Waals surface area contributed by atoms with Gasteiger partial charge in [0.1, 0.15) is 30.3 Å². The van der Waals surface area contributed by atoms with Crippen LogP contribution in [0.3, 0.4) is 0 Å². The summed E-state index contributed by atoms with van der Waals surface area (Å²) < 4.78 is 10.3. The number of amides is 1. The van der Waals surface area contributed by atoms with Gasteiger partial charge in [-0.05, 0) is 35.6 Å². The fourth-order valence-corrected chi connectivity index (χ4v) is 3.17. The molecule has 0 saturated carbocycles. The van der Waals surface area contributed by atoms with E-state index in [1.165, 1.54) is 24.3 Å². The van der Waals surface area contributed by atoms with E-state index in [4.69, 9.17) is 14.6 Å². The van der Waals surface area contributed by atoms with E-state index < -0.39 is 47.5 Å². The fraction of sp³-hybridized carbons (Fsp3) is 0.312. The molecule has 30 heavy (non-hydrogen) atoms. The molecular weight excluding hydrogens is 426 g/mol. The molecule has 13 nitrogen and oxygen atoms in total. The van der Waals surface area contributed by atoms with Gasteiger partial charge in [0, 0.05) is 5.56 Å². The summed E-state index contributed by atoms with van der Waals surface area (Å²) in [6.45, 7) is 0. The second-order valence-corrected chi connectivity index (χ2v) is 7.10. The van der Waals surface area contributed by atoms with Crippen LogP contribution < -0.4 is 10.1 Å². The Labute approximate surface area is 171 Å². The zero-order valence-corrected chi connectivity index (χ0v) is 15.6. The van der Waals surface area contributed by atoms with Crippen LogP contribution in [0.2, 0.25) is 0 Å². The Bertz CT molecular complexity index is 949. The smallest absolute Gasteiger partial charge is 0.345 e. The lowest BCUT2D eigenvalue weighted by Crippen LogP contribution is -2.61. The number of carboxylic acids is 1. The van der Waals surface area contributed by atoms with Crippen molar-refractivity contribution < 1.29 is 44.4 Å². The SMILES string of the molecule is O=C(Nc1ncc([N+](=O)[O-])s1)c1ccc(O[C@@H]2O[C@H](C(=O)O)[C@@H](O)[C@H](O)[C@H]2O)cc1. The molecule has 1 amide bonds. The molecule has 1 saturated heterocycles. The first-order valence-electron chi connectivity index (χ1n) is 8.28. The minimum Gasteiger partial charge on any atom is -0.479 e. The molecule has 14 heteroatoms. The maximum absolute atomic E-state index is 12.2. The minimum absolute atomic E-state index is 0.0398. The Balaban J connectivity index is 1.65. The van der Waals surface area contributed by atoms with Crippen LogP contribution in [0.1, 0.15) is 10.4 Å². The number of hydrogen-bond donors (Lipinski definition) is 5. The van der Waals surface area contributed by atoms with Crippen molar-refractivity contribution in [3.8, 4) is 5.75 Å². The molecule has 160 valence electrons. The normalized spacial score (nSPS) is 26.0. The Hall–Kier alpha value is -3.17. The molecule has 1 aliphatic heterocycles. The summed E-state index contributed by atoms with van der Waals surface area (Å²) >= 11 is 0.690. The van der Waals surface area contributed by atoms with Crippen LogP contribution in [-0.2, 0) is 9.53 Å². The molecule has 0 aliphatic carbocycles. The number of benzene rings is 1. The summed E-state index contributed by atoms with van der Waals surface area (Å²) in [6, 6.07) is 5.31. The molecule has 2 heterocycles. The van der Waals surface area contributed by atoms with Gasteiger partial charge in [-0.2, -0.15) is 0 Å². The monoisotopic (exact) mass is 441 g/mol. The fourth-order valence-electron chi connectivity index (χ4n) is 2.55. The molecule has 5 atom stereocenters. The lowest BCUT2D eigenvalue weighted by atomic mass is 9.99. The summed E-state index contributed by atoms with van der Waals surface area (Å²) in [5.41, 5.74) is 0.157. The molecule has 1 aliphatic rings. The standard InChI is InChI=1S/C16H15N3O10S/c20-9-10(21)12(14(24)25)29-15(11(9)22)28-7-3-1-6(2-4-7)13(23)18-16-17-5-8(30-16)19(26)27/h1-5,9-12,15,20-22H,(H,24,25)(H,17,18,23)/t9-,10-,11+,12-,15+/m0/s1. The Morgan fingerprint density at radius 1 is 1.17 bits per heavy atom. The van der Waals surface area contributed by atoms with E-state index in [2.05, 4.69) is 10.3 Å². The topological polar surface area (TPSA) is 202 Å². The average molecular weight is 441 g/mol. The second kappa shape index (κ2) is 8.68. The van der Waals surface area contributed by atoms with Crippen LogP contribution in [0, 0.1) is 10.1 Å². The number of carbonyl (C=O) groups is 2. The molecule has 1 aromatic carbocycles. The van der Waals surface area contributed by atoms with Gasteiger partial charge in [0.25, 0.3) is 5.91 Å². The summed E-state index contributed by atoms with van der Waals surface area (Å²) in [7, 11) is 0. The van der Waals surface area contributed by atoms with Crippen molar-refractivity contribution >= 4 is 33.3 Å². The molecule has 3 rings (SSSR count). The highest BCUT2D eigenvalue weighted by Crippen LogP contribution is 2.27. The van der Waals surface area contributed by atoms with Gasteiger partial charge in [-0.3, -0.25) is 20.2 Å². The second-order valence-electron chi connectivity index (χ2n) is 6.09. The number of carbonyl (C=O) groups excluding carboxylic acids is 1. The van der Waals surface area contributed by atoms with Crippen molar-refractivity contribution in [2.24, 2.45) is 0 Å². The number of aliphatic hydroxyl groups excluding tert-OH is 3. The number of nitrogens with zero attached hydrogens (tertiary/aromatic N) is 2. The quantitative estimate of drug-likeness (QED) is 0.288. The zero-order chi connectivity index (χ0) is 22.0. The highest BCUT2D eigenvalue weighted by atomic mass is 32.1. The Kier molecular flexibility index (Phi) is 6.23. The van der Waals surface area contributed by atoms with Gasteiger partial charge in [-0.1, -0.05) is 0 Å². The average Bonchev–Trinajstić information content (AvgIpc) is 3.17. The van der Waals surface area contributed by atoms with Gasteiger partial charge in [0.15, 0.2) is 11.2 Å². The number of aliphatic carboxylic acids is 1. The van der Waals surface area contributed by atoms with Gasteiger partial charge >= 0.3 is 11.0 Å². The van der Waals surface area contributed by atoms with Gasteiger partial charge in [0.2, 0.25) is 6.29 Å². The number of nitro groups is 1. The predicted octanol–water partition coefficient (Wildman–Crippen LogP) is -0.425. The first-order chi connectivity index (χ1) is 14.2. The van der Waals surface area contributed by atoms with Crippen molar-refractivity contribution in [3.63, 3.8) is 0 Å². The van der Waals surface area contributed by atoms with Crippen molar-refractivity contribution in [3.05, 3.63) is 46.1 Å². The number of anilines is 1. The molecule has 0 spiro atoms. The summed E-state index contributed by atoms with van der Waals surface area (Å²) in [5, 5.41) is 51.3. The number of aliphatic hydroxyl groups is 3. The number of ether oxygens (including phenoxy) is 2. The van der Waals surface area contributed by atoms with Crippen LogP contribution >= 0.6 is 11.3 Å². The number of hydrogen-bond acceptors (Lipinski definition) is 11. The van der Waals surface area contributed by atoms with Gasteiger partial charge in [-0.15, -0.1) is 0 Å². The van der Waals surface area contributed by atoms with Crippen molar-refractivity contribution in [1.29, 1.82) is 0 Å². The lowest BCUT2D eigenvalue weighted by molar-refractivity contribution is -0.380. The van der Waals surface area contributed by atoms with Crippen molar-refractivity contribution in [2.75, 3.05) is 5.32 Å². The third kappa shape index (κ3) is 4.52. The van der Waals surface area contributed by atoms with E-state index in [1.807, 2.05) is 0 Å². The number of carboxylic acid groups (broad SMARTS) is 1. The summed E-state index contributed by atoms with van der Waals surface area (Å²) in [5.74, 6) is -2.06. The van der Waals surface area contributed by atoms with E-state index in [0.717, 1.165) is 6.20 Å². The number of thiazole rings is 1. The van der Waals surface area contributed by atoms with Gasteiger partial charge in [-0.25, -0.2) is 9.78 Å². The van der Waals surface area contributed by atoms with E-state index in [-0.39, 0.29) is 21.4 Å². The first-order valence-corrected chi connectivity index (χ1v) is 9.10. The van der Waals surface area contributed by atoms with E-state index in [0.29, 0.717) is 11.3 Å². The third-order valence-corrected chi connectivity index (χ3v) is 4.94. The number of nitrogens with one attached hydrogen (secondary N) is 1. The lowest BCUT2D eigenvalue weighted by Gasteiger charge is -2.38. The summed E-state index contributed by atoms with van der Waals surface area (Å²) in [4.78, 5) is 37.0. The highest BCUT2D eigenvalue weighted by Gasteiger charge is 2.48. The molecule has 2 aromatic rings. The van der Waals surface area contributed by atoms with Crippen LogP contribution in [0.15, 0.2) is 30.5 Å². The van der Waals surface area contributed by atoms with E-state index in [9.17, 15) is 35.0 Å². The molecule has 0 radical (unpaired) electrons. The van der Waals surface area contributed by atoms with E-state index >= 15 is 0 Å². The maximum Gasteiger partial charge on any atom is 0.345 e.